The molecule has 4 nitrogen and oxygen atoms in total. The summed E-state index contributed by atoms with van der Waals surface area (Å²) < 4.78 is 10.5. The number of methoxy groups -OCH3 is 2. The second kappa shape index (κ2) is 11.7. The van der Waals surface area contributed by atoms with Gasteiger partial charge in [0.15, 0.2) is 11.5 Å². The van der Waals surface area contributed by atoms with Gasteiger partial charge in [0.2, 0.25) is 5.91 Å². The van der Waals surface area contributed by atoms with E-state index in [9.17, 15) is 4.79 Å². The van der Waals surface area contributed by atoms with Crippen molar-refractivity contribution in [2.75, 3.05) is 26.5 Å². The van der Waals surface area contributed by atoms with E-state index >= 15 is 0 Å². The maximum atomic E-state index is 12.3. The molecule has 0 aromatic heterocycles. The first-order chi connectivity index (χ1) is 13.4. The van der Waals surface area contributed by atoms with Gasteiger partial charge >= 0.3 is 0 Å². The van der Waals surface area contributed by atoms with Gasteiger partial charge in [0, 0.05) is 22.9 Å². The average molecular weight is 460 g/mol. The Morgan fingerprint density at radius 3 is 2.50 bits per heavy atom. The highest BCUT2D eigenvalue weighted by Crippen LogP contribution is 2.33. The van der Waals surface area contributed by atoms with Gasteiger partial charge in [0.1, 0.15) is 0 Å². The van der Waals surface area contributed by atoms with Crippen molar-refractivity contribution in [2.45, 2.75) is 22.8 Å². The predicted octanol–water partition coefficient (Wildman–Crippen LogP) is 5.54. The number of rotatable bonds is 10. The fourth-order valence-corrected chi connectivity index (χ4v) is 4.40. The van der Waals surface area contributed by atoms with Gasteiger partial charge in [-0.05, 0) is 42.8 Å². The first-order valence-electron chi connectivity index (χ1n) is 8.62. The van der Waals surface area contributed by atoms with E-state index in [-0.39, 0.29) is 11.2 Å². The predicted molar refractivity (Wildman–Crippen MR) is 120 cm³/mol. The molecule has 8 heteroatoms. The van der Waals surface area contributed by atoms with Crippen molar-refractivity contribution < 1.29 is 14.3 Å². The molecule has 0 saturated heterocycles. The number of hydrogen-bond donors (Lipinski definition) is 1. The summed E-state index contributed by atoms with van der Waals surface area (Å²) in [6.07, 6.45) is 0. The monoisotopic (exact) mass is 459 g/mol. The van der Waals surface area contributed by atoms with Crippen molar-refractivity contribution >= 4 is 52.6 Å². The van der Waals surface area contributed by atoms with Gasteiger partial charge in [-0.2, -0.15) is 11.8 Å². The molecule has 0 aliphatic rings. The summed E-state index contributed by atoms with van der Waals surface area (Å²) in [4.78, 5) is 13.3. The highest BCUT2D eigenvalue weighted by atomic mass is 35.5. The third kappa shape index (κ3) is 6.99. The molecular weight excluding hydrogens is 437 g/mol. The Labute approximate surface area is 184 Å². The Bertz CT molecular complexity index is 805. The number of carbonyl (C=O) groups is 1. The zero-order valence-electron chi connectivity index (χ0n) is 16.0. The molecule has 2 aromatic rings. The van der Waals surface area contributed by atoms with E-state index in [1.165, 1.54) is 11.8 Å². The molecule has 1 N–H and O–H groups in total. The zero-order valence-corrected chi connectivity index (χ0v) is 19.1. The van der Waals surface area contributed by atoms with E-state index in [1.54, 1.807) is 32.0 Å². The largest absolute Gasteiger partial charge is 0.493 e. The Morgan fingerprint density at radius 1 is 1.07 bits per heavy atom. The van der Waals surface area contributed by atoms with E-state index in [4.69, 9.17) is 32.7 Å². The van der Waals surface area contributed by atoms with Crippen molar-refractivity contribution in [3.8, 4) is 11.5 Å². The fourth-order valence-electron chi connectivity index (χ4n) is 2.36. The van der Waals surface area contributed by atoms with Gasteiger partial charge in [-0.15, -0.1) is 11.8 Å². The van der Waals surface area contributed by atoms with Gasteiger partial charge in [0.25, 0.3) is 0 Å². The molecule has 0 fully saturated rings. The number of halogens is 2. The lowest BCUT2D eigenvalue weighted by Crippen LogP contribution is -2.32. The molecule has 2 rings (SSSR count). The normalized spacial score (nSPS) is 11.8. The van der Waals surface area contributed by atoms with Crippen LogP contribution in [0.2, 0.25) is 10.0 Å². The van der Waals surface area contributed by atoms with Crippen LogP contribution in [0.4, 0.5) is 0 Å². The second-order valence-electron chi connectivity index (χ2n) is 5.87. The van der Waals surface area contributed by atoms with E-state index < -0.39 is 0 Å². The van der Waals surface area contributed by atoms with E-state index in [2.05, 4.69) is 5.32 Å². The van der Waals surface area contributed by atoms with Crippen LogP contribution in [0.25, 0.3) is 0 Å². The van der Waals surface area contributed by atoms with Crippen molar-refractivity contribution in [2.24, 2.45) is 0 Å². The van der Waals surface area contributed by atoms with Crippen LogP contribution in [0.5, 0.6) is 11.5 Å². The molecule has 0 unspecified atom stereocenters. The summed E-state index contributed by atoms with van der Waals surface area (Å²) >= 11 is 15.2. The first-order valence-corrected chi connectivity index (χ1v) is 11.4. The number of benzene rings is 2. The van der Waals surface area contributed by atoms with Crippen LogP contribution < -0.4 is 14.8 Å². The van der Waals surface area contributed by atoms with Gasteiger partial charge in [-0.25, -0.2) is 0 Å². The number of nitrogens with one attached hydrogen (secondary N) is 1. The van der Waals surface area contributed by atoms with Crippen LogP contribution in [0.15, 0.2) is 41.3 Å². The highest BCUT2D eigenvalue weighted by Gasteiger charge is 2.15. The minimum atomic E-state index is -0.210. The molecule has 28 heavy (non-hydrogen) atoms. The molecule has 0 saturated carbocycles. The fraction of sp³-hybridized carbons (Fsp3) is 0.350. The van der Waals surface area contributed by atoms with Crippen molar-refractivity contribution in [1.29, 1.82) is 0 Å². The third-order valence-electron chi connectivity index (χ3n) is 3.84. The lowest BCUT2D eigenvalue weighted by Gasteiger charge is -2.14. The molecule has 1 amide bonds. The van der Waals surface area contributed by atoms with Crippen LogP contribution in [0, 0.1) is 0 Å². The molecule has 2 aromatic carbocycles. The van der Waals surface area contributed by atoms with Crippen LogP contribution in [-0.4, -0.2) is 37.7 Å². The Hall–Kier alpha value is -1.21. The molecule has 0 heterocycles. The second-order valence-corrected chi connectivity index (χ2v) is 9.20. The first kappa shape index (κ1) is 23.1. The summed E-state index contributed by atoms with van der Waals surface area (Å²) in [6, 6.07) is 11.3. The van der Waals surface area contributed by atoms with Crippen LogP contribution in [-0.2, 0) is 10.5 Å². The summed E-state index contributed by atoms with van der Waals surface area (Å²) in [5.74, 6) is 2.97. The standard InChI is InChI=1S/C20H23Cl2NO3S2/c1-13(28-15-5-7-18(25-2)19(11-15)26-3)20(24)23-8-9-27-12-14-4-6-16(21)17(22)10-14/h4-7,10-11,13H,8-9,12H2,1-3H3,(H,23,24)/t13-/m0/s1. The third-order valence-corrected chi connectivity index (χ3v) is 6.70. The summed E-state index contributed by atoms with van der Waals surface area (Å²) in [7, 11) is 3.19. The topological polar surface area (TPSA) is 47.6 Å². The van der Waals surface area contributed by atoms with Crippen LogP contribution in [0.3, 0.4) is 0 Å². The van der Waals surface area contributed by atoms with Crippen LogP contribution >= 0.6 is 46.7 Å². The van der Waals surface area contributed by atoms with Crippen molar-refractivity contribution in [1.82, 2.24) is 5.32 Å². The quantitative estimate of drug-likeness (QED) is 0.373. The Balaban J connectivity index is 1.73. The molecule has 0 spiro atoms. The molecule has 0 bridgehead atoms. The van der Waals surface area contributed by atoms with E-state index in [0.717, 1.165) is 22.0 Å². The SMILES string of the molecule is COc1ccc(S[C@@H](C)C(=O)NCCSCc2ccc(Cl)c(Cl)c2)cc1OC. The van der Waals surface area contributed by atoms with E-state index in [1.807, 2.05) is 37.3 Å². The molecular formula is C20H23Cl2NO3S2. The minimum absolute atomic E-state index is 0.00919. The molecule has 152 valence electrons. The number of ether oxygens (including phenoxy) is 2. The van der Waals surface area contributed by atoms with Gasteiger partial charge in [-0.1, -0.05) is 29.3 Å². The number of amides is 1. The lowest BCUT2D eigenvalue weighted by atomic mass is 10.2. The number of hydrogen-bond acceptors (Lipinski definition) is 5. The van der Waals surface area contributed by atoms with Gasteiger partial charge in [-0.3, -0.25) is 4.79 Å². The Morgan fingerprint density at radius 2 is 1.82 bits per heavy atom. The molecule has 0 aliphatic carbocycles. The average Bonchev–Trinajstić information content (AvgIpc) is 2.69. The van der Waals surface area contributed by atoms with Crippen molar-refractivity contribution in [3.05, 3.63) is 52.0 Å². The van der Waals surface area contributed by atoms with Gasteiger partial charge in [0.05, 0.1) is 29.5 Å². The summed E-state index contributed by atoms with van der Waals surface area (Å²) in [5, 5.41) is 3.89. The number of thioether (sulfide) groups is 2. The van der Waals surface area contributed by atoms with Gasteiger partial charge < -0.3 is 14.8 Å². The summed E-state index contributed by atoms with van der Waals surface area (Å²) in [6.45, 7) is 2.50. The maximum absolute atomic E-state index is 12.3. The smallest absolute Gasteiger partial charge is 0.233 e. The molecule has 0 radical (unpaired) electrons. The Kier molecular flexibility index (Phi) is 9.65. The van der Waals surface area contributed by atoms with E-state index in [0.29, 0.717) is 28.1 Å². The molecule has 1 atom stereocenters. The van der Waals surface area contributed by atoms with Crippen molar-refractivity contribution in [3.63, 3.8) is 0 Å². The lowest BCUT2D eigenvalue weighted by molar-refractivity contribution is -0.120. The van der Waals surface area contributed by atoms with Crippen LogP contribution in [0.1, 0.15) is 12.5 Å². The summed E-state index contributed by atoms with van der Waals surface area (Å²) in [5.41, 5.74) is 1.11. The zero-order chi connectivity index (χ0) is 20.5. The molecule has 0 aliphatic heterocycles. The maximum Gasteiger partial charge on any atom is 0.233 e. The highest BCUT2D eigenvalue weighted by molar-refractivity contribution is 8.00. The minimum Gasteiger partial charge on any atom is -0.493 e. The number of carbonyl (C=O) groups excluding carboxylic acids is 1.